The zero-order chi connectivity index (χ0) is 15.4. The second-order valence-corrected chi connectivity index (χ2v) is 4.49. The van der Waals surface area contributed by atoms with Crippen molar-refractivity contribution in [1.82, 2.24) is 10.4 Å². The van der Waals surface area contributed by atoms with Crippen LogP contribution in [0.15, 0.2) is 35.8 Å². The van der Waals surface area contributed by atoms with Crippen molar-refractivity contribution in [2.45, 2.75) is 19.6 Å². The molecule has 0 aromatic heterocycles. The van der Waals surface area contributed by atoms with Crippen LogP contribution in [0.5, 0.6) is 0 Å². The van der Waals surface area contributed by atoms with Gasteiger partial charge in [-0.15, -0.1) is 5.06 Å². The number of nitrogens with zero attached hydrogens (tertiary/aromatic N) is 1. The Hall–Kier alpha value is -2.12. The fourth-order valence-corrected chi connectivity index (χ4v) is 1.99. The van der Waals surface area contributed by atoms with E-state index in [1.54, 1.807) is 26.1 Å². The van der Waals surface area contributed by atoms with Crippen LogP contribution in [-0.4, -0.2) is 36.0 Å². The van der Waals surface area contributed by atoms with Crippen LogP contribution in [0, 0.1) is 5.82 Å². The molecule has 1 fully saturated rings. The van der Waals surface area contributed by atoms with Gasteiger partial charge in [-0.25, -0.2) is 9.18 Å². The minimum atomic E-state index is -0.667. The fourth-order valence-electron chi connectivity index (χ4n) is 1.99. The van der Waals surface area contributed by atoms with Gasteiger partial charge in [-0.2, -0.15) is 0 Å². The molecule has 0 amide bonds. The Morgan fingerprint density at radius 2 is 2.14 bits per heavy atom. The maximum Gasteiger partial charge on any atom is 0.363 e. The molecule has 0 spiro atoms. The number of aliphatic hydroxyl groups is 1. The number of aliphatic hydroxyl groups excluding tert-OH is 1. The molecule has 7 heteroatoms. The van der Waals surface area contributed by atoms with Crippen LogP contribution in [0.3, 0.4) is 0 Å². The van der Waals surface area contributed by atoms with Crippen molar-refractivity contribution in [3.05, 3.63) is 47.2 Å². The van der Waals surface area contributed by atoms with Gasteiger partial charge in [0.15, 0.2) is 5.57 Å². The Kier molecular flexibility index (Phi) is 4.77. The summed E-state index contributed by atoms with van der Waals surface area (Å²) in [6.07, 6.45) is -0.644. The average Bonchev–Trinajstić information content (AvgIpc) is 2.72. The Balaban J connectivity index is 2.10. The summed E-state index contributed by atoms with van der Waals surface area (Å²) in [7, 11) is 1.56. The van der Waals surface area contributed by atoms with Crippen molar-refractivity contribution in [1.29, 1.82) is 0 Å². The molecule has 1 atom stereocenters. The number of rotatable bonds is 5. The molecule has 21 heavy (non-hydrogen) atoms. The molecule has 1 unspecified atom stereocenters. The summed E-state index contributed by atoms with van der Waals surface area (Å²) in [6, 6.07) is 5.97. The Bertz CT molecular complexity index is 544. The van der Waals surface area contributed by atoms with Gasteiger partial charge in [-0.05, 0) is 24.6 Å². The first kappa shape index (κ1) is 15.3. The van der Waals surface area contributed by atoms with Crippen molar-refractivity contribution in [2.24, 2.45) is 0 Å². The molecule has 2 rings (SSSR count). The van der Waals surface area contributed by atoms with E-state index in [9.17, 15) is 14.3 Å². The van der Waals surface area contributed by atoms with Crippen LogP contribution in [0.25, 0.3) is 0 Å². The standard InChI is InChI=1S/C14H17FN2O4/c1-3-20-13(18)11-12(17(2)21-14(11)19)16-8-9-4-6-10(15)7-5-9/h4-7,12,16,18H,3,8H2,1-2H3/b13-11-. The maximum absolute atomic E-state index is 12.8. The predicted molar refractivity (Wildman–Crippen MR) is 72.2 cm³/mol. The first-order valence-electron chi connectivity index (χ1n) is 6.51. The zero-order valence-electron chi connectivity index (χ0n) is 11.8. The monoisotopic (exact) mass is 296 g/mol. The lowest BCUT2D eigenvalue weighted by Crippen LogP contribution is -2.39. The molecule has 1 heterocycles. The highest BCUT2D eigenvalue weighted by molar-refractivity contribution is 5.91. The highest BCUT2D eigenvalue weighted by Gasteiger charge is 2.39. The van der Waals surface area contributed by atoms with E-state index in [1.165, 1.54) is 17.2 Å². The van der Waals surface area contributed by atoms with E-state index in [0.717, 1.165) is 5.56 Å². The molecule has 2 N–H and O–H groups in total. The Morgan fingerprint density at radius 3 is 2.76 bits per heavy atom. The normalized spacial score (nSPS) is 21.3. The van der Waals surface area contributed by atoms with E-state index in [2.05, 4.69) is 5.32 Å². The van der Waals surface area contributed by atoms with Crippen LogP contribution < -0.4 is 5.32 Å². The molecular weight excluding hydrogens is 279 g/mol. The lowest BCUT2D eigenvalue weighted by molar-refractivity contribution is -0.169. The van der Waals surface area contributed by atoms with Gasteiger partial charge in [0.05, 0.1) is 6.61 Å². The predicted octanol–water partition coefficient (Wildman–Crippen LogP) is 1.45. The zero-order valence-corrected chi connectivity index (χ0v) is 11.8. The lowest BCUT2D eigenvalue weighted by atomic mass is 10.2. The highest BCUT2D eigenvalue weighted by Crippen LogP contribution is 2.22. The van der Waals surface area contributed by atoms with Gasteiger partial charge < -0.3 is 14.7 Å². The van der Waals surface area contributed by atoms with Crippen LogP contribution in [-0.2, 0) is 20.9 Å². The molecule has 1 aromatic carbocycles. The smallest absolute Gasteiger partial charge is 0.363 e. The fraction of sp³-hybridized carbons (Fsp3) is 0.357. The summed E-state index contributed by atoms with van der Waals surface area (Å²) in [5.41, 5.74) is 0.848. The van der Waals surface area contributed by atoms with E-state index in [4.69, 9.17) is 9.57 Å². The van der Waals surface area contributed by atoms with Crippen LogP contribution in [0.2, 0.25) is 0 Å². The number of carbonyl (C=O) groups is 1. The number of hydroxylamine groups is 2. The van der Waals surface area contributed by atoms with Crippen molar-refractivity contribution in [3.8, 4) is 0 Å². The quantitative estimate of drug-likeness (QED) is 0.633. The number of likely N-dealkylation sites (N-methyl/N-ethyl adjacent to an activating group) is 1. The molecule has 1 aromatic rings. The number of halogens is 1. The van der Waals surface area contributed by atoms with Gasteiger partial charge >= 0.3 is 5.97 Å². The average molecular weight is 296 g/mol. The lowest BCUT2D eigenvalue weighted by Gasteiger charge is -2.18. The van der Waals surface area contributed by atoms with Gasteiger partial charge in [0.1, 0.15) is 12.0 Å². The van der Waals surface area contributed by atoms with E-state index >= 15 is 0 Å². The van der Waals surface area contributed by atoms with Gasteiger partial charge in [-0.1, -0.05) is 12.1 Å². The maximum atomic E-state index is 12.8. The van der Waals surface area contributed by atoms with Crippen molar-refractivity contribution >= 4 is 5.97 Å². The largest absolute Gasteiger partial charge is 0.481 e. The van der Waals surface area contributed by atoms with Gasteiger partial charge in [-0.3, -0.25) is 5.32 Å². The number of hydrogen-bond acceptors (Lipinski definition) is 6. The first-order valence-corrected chi connectivity index (χ1v) is 6.51. The summed E-state index contributed by atoms with van der Waals surface area (Å²) in [5.74, 6) is -1.44. The molecule has 0 saturated carbocycles. The molecule has 1 saturated heterocycles. The number of benzene rings is 1. The summed E-state index contributed by atoms with van der Waals surface area (Å²) in [6.45, 7) is 2.30. The van der Waals surface area contributed by atoms with Gasteiger partial charge in [0.25, 0.3) is 5.95 Å². The van der Waals surface area contributed by atoms with E-state index in [0.29, 0.717) is 6.54 Å². The van der Waals surface area contributed by atoms with Crippen molar-refractivity contribution in [3.63, 3.8) is 0 Å². The van der Waals surface area contributed by atoms with E-state index in [1.807, 2.05) is 0 Å². The minimum Gasteiger partial charge on any atom is -0.481 e. The first-order chi connectivity index (χ1) is 10.0. The number of carbonyl (C=O) groups excluding carboxylic acids is 1. The molecule has 114 valence electrons. The highest BCUT2D eigenvalue weighted by atomic mass is 19.1. The number of hydrogen-bond donors (Lipinski definition) is 2. The molecular formula is C14H17FN2O4. The minimum absolute atomic E-state index is 0.0152. The Morgan fingerprint density at radius 1 is 1.48 bits per heavy atom. The second kappa shape index (κ2) is 6.55. The molecule has 0 radical (unpaired) electrons. The van der Waals surface area contributed by atoms with Crippen molar-refractivity contribution < 1.29 is 23.9 Å². The molecule has 6 nitrogen and oxygen atoms in total. The summed E-state index contributed by atoms with van der Waals surface area (Å²) in [5, 5.41) is 14.1. The summed E-state index contributed by atoms with van der Waals surface area (Å²) >= 11 is 0. The third-order valence-corrected chi connectivity index (χ3v) is 3.01. The SMILES string of the molecule is CCO/C(O)=C1\C(=O)ON(C)C1NCc1ccc(F)cc1. The Labute approximate surface area is 121 Å². The van der Waals surface area contributed by atoms with Gasteiger partial charge in [0, 0.05) is 13.6 Å². The molecule has 1 aliphatic heterocycles. The number of nitrogens with one attached hydrogen (secondary N) is 1. The van der Waals surface area contributed by atoms with Crippen LogP contribution >= 0.6 is 0 Å². The third-order valence-electron chi connectivity index (χ3n) is 3.01. The van der Waals surface area contributed by atoms with E-state index < -0.39 is 18.1 Å². The summed E-state index contributed by atoms with van der Waals surface area (Å²) in [4.78, 5) is 16.7. The second-order valence-electron chi connectivity index (χ2n) is 4.49. The molecule has 0 aliphatic carbocycles. The van der Waals surface area contributed by atoms with Gasteiger partial charge in [0.2, 0.25) is 0 Å². The molecule has 0 bridgehead atoms. The van der Waals surface area contributed by atoms with Crippen molar-refractivity contribution in [2.75, 3.05) is 13.7 Å². The number of ether oxygens (including phenoxy) is 1. The molecule has 1 aliphatic rings. The third kappa shape index (κ3) is 3.50. The van der Waals surface area contributed by atoms with Crippen LogP contribution in [0.1, 0.15) is 12.5 Å². The summed E-state index contributed by atoms with van der Waals surface area (Å²) < 4.78 is 17.8. The topological polar surface area (TPSA) is 71.0 Å². The van der Waals surface area contributed by atoms with Crippen LogP contribution in [0.4, 0.5) is 4.39 Å². The van der Waals surface area contributed by atoms with E-state index in [-0.39, 0.29) is 18.0 Å².